The quantitative estimate of drug-likeness (QED) is 0.912. The Morgan fingerprint density at radius 2 is 2.15 bits per heavy atom. The molecule has 1 aromatic carbocycles. The highest BCUT2D eigenvalue weighted by molar-refractivity contribution is 5.78. The van der Waals surface area contributed by atoms with Crippen molar-refractivity contribution in [2.75, 3.05) is 5.73 Å². The summed E-state index contributed by atoms with van der Waals surface area (Å²) < 4.78 is 8.14. The van der Waals surface area contributed by atoms with E-state index in [-0.39, 0.29) is 5.60 Å². The van der Waals surface area contributed by atoms with Crippen LogP contribution in [0.3, 0.4) is 0 Å². The van der Waals surface area contributed by atoms with Crippen molar-refractivity contribution in [2.45, 2.75) is 46.3 Å². The fourth-order valence-corrected chi connectivity index (χ4v) is 2.98. The fraction of sp³-hybridized carbons (Fsp3) is 0.438. The lowest BCUT2D eigenvalue weighted by Gasteiger charge is -2.18. The second-order valence-electron chi connectivity index (χ2n) is 5.97. The zero-order valence-corrected chi connectivity index (χ0v) is 12.5. The summed E-state index contributed by atoms with van der Waals surface area (Å²) in [4.78, 5) is 4.63. The van der Waals surface area contributed by atoms with Crippen molar-refractivity contribution in [3.63, 3.8) is 0 Å². The van der Waals surface area contributed by atoms with Gasteiger partial charge < -0.3 is 15.0 Å². The predicted octanol–water partition coefficient (Wildman–Crippen LogP) is 3.17. The van der Waals surface area contributed by atoms with Gasteiger partial charge in [0.15, 0.2) is 0 Å². The molecule has 0 radical (unpaired) electrons. The van der Waals surface area contributed by atoms with E-state index in [1.807, 2.05) is 17.6 Å². The van der Waals surface area contributed by atoms with Crippen molar-refractivity contribution in [3.05, 3.63) is 29.6 Å². The van der Waals surface area contributed by atoms with Gasteiger partial charge in [0.25, 0.3) is 0 Å². The van der Waals surface area contributed by atoms with Crippen molar-refractivity contribution in [1.29, 1.82) is 0 Å². The standard InChI is InChI=1S/C16H21N3O/c1-5-19-10(2)18-13(15(19)17)12-8-6-7-11-9-16(3,4)20-14(11)12/h6-8H,5,9,17H2,1-4H3. The first-order valence-electron chi connectivity index (χ1n) is 7.07. The minimum Gasteiger partial charge on any atom is -0.487 e. The summed E-state index contributed by atoms with van der Waals surface area (Å²) in [7, 11) is 0. The zero-order valence-electron chi connectivity index (χ0n) is 12.5. The molecule has 0 saturated carbocycles. The summed E-state index contributed by atoms with van der Waals surface area (Å²) in [5.74, 6) is 2.59. The van der Waals surface area contributed by atoms with E-state index in [2.05, 4.69) is 37.9 Å². The van der Waals surface area contributed by atoms with Gasteiger partial charge in [-0.1, -0.05) is 12.1 Å². The average molecular weight is 271 g/mol. The summed E-state index contributed by atoms with van der Waals surface area (Å²) in [5, 5.41) is 0. The lowest BCUT2D eigenvalue weighted by Crippen LogP contribution is -2.24. The summed E-state index contributed by atoms with van der Waals surface area (Å²) in [6.45, 7) is 9.10. The molecule has 1 aliphatic rings. The number of anilines is 1. The lowest BCUT2D eigenvalue weighted by molar-refractivity contribution is 0.139. The molecular formula is C16H21N3O. The molecule has 0 amide bonds. The first-order chi connectivity index (χ1) is 9.43. The summed E-state index contributed by atoms with van der Waals surface area (Å²) in [6.07, 6.45) is 0.920. The second-order valence-corrected chi connectivity index (χ2v) is 5.97. The number of nitrogens with two attached hydrogens (primary N) is 1. The molecular weight excluding hydrogens is 250 g/mol. The molecule has 0 saturated heterocycles. The number of ether oxygens (including phenoxy) is 1. The van der Waals surface area contributed by atoms with Crippen molar-refractivity contribution in [2.24, 2.45) is 0 Å². The van der Waals surface area contributed by atoms with Gasteiger partial charge in [0.05, 0.1) is 0 Å². The first kappa shape index (κ1) is 13.0. The SMILES string of the molecule is CCn1c(C)nc(-c2cccc3c2OC(C)(C)C3)c1N. The number of fused-ring (bicyclic) bond motifs is 1. The maximum Gasteiger partial charge on any atom is 0.133 e. The monoisotopic (exact) mass is 271 g/mol. The van der Waals surface area contributed by atoms with Crippen LogP contribution in [0.15, 0.2) is 18.2 Å². The largest absolute Gasteiger partial charge is 0.487 e. The molecule has 0 atom stereocenters. The van der Waals surface area contributed by atoms with Gasteiger partial charge in [-0.15, -0.1) is 0 Å². The molecule has 20 heavy (non-hydrogen) atoms. The molecule has 2 heterocycles. The first-order valence-corrected chi connectivity index (χ1v) is 7.07. The fourth-order valence-electron chi connectivity index (χ4n) is 2.98. The van der Waals surface area contributed by atoms with Crippen molar-refractivity contribution in [3.8, 4) is 17.0 Å². The number of hydrogen-bond acceptors (Lipinski definition) is 3. The Bertz CT molecular complexity index is 671. The number of rotatable bonds is 2. The van der Waals surface area contributed by atoms with Gasteiger partial charge in [-0.25, -0.2) is 4.98 Å². The predicted molar refractivity (Wildman–Crippen MR) is 80.9 cm³/mol. The number of aromatic nitrogens is 2. The number of hydrogen-bond donors (Lipinski definition) is 1. The Hall–Kier alpha value is -1.97. The van der Waals surface area contributed by atoms with Crippen LogP contribution in [0, 0.1) is 6.92 Å². The zero-order chi connectivity index (χ0) is 14.5. The maximum atomic E-state index is 6.25. The highest BCUT2D eigenvalue weighted by Gasteiger charge is 2.32. The van der Waals surface area contributed by atoms with Crippen LogP contribution in [0.2, 0.25) is 0 Å². The molecule has 2 N–H and O–H groups in total. The number of nitrogen functional groups attached to an aromatic ring is 1. The minimum absolute atomic E-state index is 0.157. The van der Waals surface area contributed by atoms with E-state index >= 15 is 0 Å². The molecule has 106 valence electrons. The summed E-state index contributed by atoms with van der Waals surface area (Å²) >= 11 is 0. The van der Waals surface area contributed by atoms with E-state index in [4.69, 9.17) is 10.5 Å². The van der Waals surface area contributed by atoms with E-state index < -0.39 is 0 Å². The molecule has 4 heteroatoms. The minimum atomic E-state index is -0.157. The van der Waals surface area contributed by atoms with E-state index in [9.17, 15) is 0 Å². The van der Waals surface area contributed by atoms with Crippen LogP contribution in [0.5, 0.6) is 5.75 Å². The molecule has 1 aromatic heterocycles. The summed E-state index contributed by atoms with van der Waals surface area (Å²) in [6, 6.07) is 6.21. The Labute approximate surface area is 119 Å². The van der Waals surface area contributed by atoms with Crippen LogP contribution in [-0.4, -0.2) is 15.2 Å². The van der Waals surface area contributed by atoms with E-state index in [1.54, 1.807) is 0 Å². The molecule has 1 aliphatic heterocycles. The number of nitrogens with zero attached hydrogens (tertiary/aromatic N) is 2. The van der Waals surface area contributed by atoms with Gasteiger partial charge in [-0.05, 0) is 39.3 Å². The Morgan fingerprint density at radius 3 is 2.80 bits per heavy atom. The third kappa shape index (κ3) is 1.87. The molecule has 0 unspecified atom stereocenters. The van der Waals surface area contributed by atoms with Gasteiger partial charge >= 0.3 is 0 Å². The van der Waals surface area contributed by atoms with Crippen molar-refractivity contribution >= 4 is 5.82 Å². The van der Waals surface area contributed by atoms with E-state index in [1.165, 1.54) is 5.56 Å². The van der Waals surface area contributed by atoms with Crippen LogP contribution in [-0.2, 0) is 13.0 Å². The van der Waals surface area contributed by atoms with Crippen LogP contribution in [0.1, 0.15) is 32.2 Å². The Balaban J connectivity index is 2.16. The highest BCUT2D eigenvalue weighted by Crippen LogP contribution is 2.43. The highest BCUT2D eigenvalue weighted by atomic mass is 16.5. The normalized spacial score (nSPS) is 16.0. The average Bonchev–Trinajstić information content (AvgIpc) is 2.84. The smallest absolute Gasteiger partial charge is 0.133 e. The lowest BCUT2D eigenvalue weighted by atomic mass is 10.00. The van der Waals surface area contributed by atoms with E-state index in [0.29, 0.717) is 5.82 Å². The van der Waals surface area contributed by atoms with Crippen LogP contribution in [0.25, 0.3) is 11.3 Å². The molecule has 0 aliphatic carbocycles. The third-order valence-electron chi connectivity index (χ3n) is 3.86. The van der Waals surface area contributed by atoms with Crippen LogP contribution >= 0.6 is 0 Å². The van der Waals surface area contributed by atoms with Gasteiger partial charge in [0, 0.05) is 18.5 Å². The summed E-state index contributed by atoms with van der Waals surface area (Å²) in [5.41, 5.74) is 9.16. The molecule has 0 spiro atoms. The van der Waals surface area contributed by atoms with Gasteiger partial charge in [-0.2, -0.15) is 0 Å². The Kier molecular flexibility index (Phi) is 2.78. The van der Waals surface area contributed by atoms with Crippen LogP contribution < -0.4 is 10.5 Å². The molecule has 4 nitrogen and oxygen atoms in total. The molecule has 0 fully saturated rings. The van der Waals surface area contributed by atoms with Crippen molar-refractivity contribution in [1.82, 2.24) is 9.55 Å². The third-order valence-corrected chi connectivity index (χ3v) is 3.86. The van der Waals surface area contributed by atoms with Gasteiger partial charge in [0.2, 0.25) is 0 Å². The second kappa shape index (κ2) is 4.27. The molecule has 0 bridgehead atoms. The maximum absolute atomic E-state index is 6.25. The van der Waals surface area contributed by atoms with Crippen LogP contribution in [0.4, 0.5) is 5.82 Å². The molecule has 3 rings (SSSR count). The number of aryl methyl sites for hydroxylation is 1. The Morgan fingerprint density at radius 1 is 1.40 bits per heavy atom. The van der Waals surface area contributed by atoms with Gasteiger partial charge in [0.1, 0.15) is 28.7 Å². The van der Waals surface area contributed by atoms with Crippen molar-refractivity contribution < 1.29 is 4.74 Å². The number of benzene rings is 1. The number of imidazole rings is 1. The van der Waals surface area contributed by atoms with E-state index in [0.717, 1.165) is 35.8 Å². The molecule has 2 aromatic rings. The van der Waals surface area contributed by atoms with Gasteiger partial charge in [-0.3, -0.25) is 0 Å². The topological polar surface area (TPSA) is 53.1 Å². The number of para-hydroxylation sites is 1.